The van der Waals surface area contributed by atoms with Crippen molar-refractivity contribution in [3.63, 3.8) is 0 Å². The Morgan fingerprint density at radius 1 is 1.14 bits per heavy atom. The average molecular weight is 583 g/mol. The number of aliphatic imine (C=N–C) groups is 1. The standard InChI is InChI=1S/C34H39FN6O2/c1-21-28-15-23(34(28,2)3)16-30(21)40-33(37-19-25-7-5-6-13-36-25)39-24-9-11-27-31(17-24)38-20-41(32(27)42)14-12-22-8-10-26(43-4)18-29(22)35/h5-11,13,17-18,20-21,23,28,30H,12,14-16,19H2,1-4H3,(H2,37,39,40)/t21-,23-,28+,30?/m0/s1. The minimum atomic E-state index is -0.352. The molecule has 3 saturated carbocycles. The molecule has 1 unspecified atom stereocenters. The predicted molar refractivity (Wildman–Crippen MR) is 168 cm³/mol. The lowest BCUT2D eigenvalue weighted by Crippen LogP contribution is -2.61. The maximum absolute atomic E-state index is 14.4. The third kappa shape index (κ3) is 5.85. The molecule has 224 valence electrons. The highest BCUT2D eigenvalue weighted by Gasteiger charge is 2.56. The van der Waals surface area contributed by atoms with Crippen molar-refractivity contribution in [1.29, 1.82) is 0 Å². The summed E-state index contributed by atoms with van der Waals surface area (Å²) in [5, 5.41) is 7.69. The van der Waals surface area contributed by atoms with Crippen molar-refractivity contribution in [2.75, 3.05) is 12.4 Å². The second-order valence-corrected chi connectivity index (χ2v) is 12.5. The summed E-state index contributed by atoms with van der Waals surface area (Å²) in [6.45, 7) is 7.92. The van der Waals surface area contributed by atoms with Crippen molar-refractivity contribution >= 4 is 22.5 Å². The van der Waals surface area contributed by atoms with Crippen molar-refractivity contribution in [1.82, 2.24) is 19.9 Å². The molecule has 3 aliphatic carbocycles. The summed E-state index contributed by atoms with van der Waals surface area (Å²) in [5.41, 5.74) is 3.02. The Balaban J connectivity index is 1.20. The van der Waals surface area contributed by atoms with Gasteiger partial charge < -0.3 is 15.4 Å². The van der Waals surface area contributed by atoms with E-state index in [4.69, 9.17) is 9.73 Å². The molecule has 0 spiro atoms. The van der Waals surface area contributed by atoms with E-state index in [2.05, 4.69) is 41.4 Å². The van der Waals surface area contributed by atoms with Crippen LogP contribution < -0.4 is 20.9 Å². The second-order valence-electron chi connectivity index (χ2n) is 12.5. The molecular weight excluding hydrogens is 543 g/mol. The van der Waals surface area contributed by atoms with E-state index in [0.717, 1.165) is 23.7 Å². The summed E-state index contributed by atoms with van der Waals surface area (Å²) in [6, 6.07) is 16.4. The van der Waals surface area contributed by atoms with E-state index in [1.165, 1.54) is 30.5 Å². The molecule has 2 bridgehead atoms. The Bertz CT molecular complexity index is 1700. The van der Waals surface area contributed by atoms with Crippen molar-refractivity contribution in [3.8, 4) is 5.75 Å². The summed E-state index contributed by atoms with van der Waals surface area (Å²) in [7, 11) is 1.50. The number of nitrogens with zero attached hydrogens (tertiary/aromatic N) is 4. The number of rotatable bonds is 8. The van der Waals surface area contributed by atoms with Gasteiger partial charge in [0.15, 0.2) is 5.96 Å². The van der Waals surface area contributed by atoms with Gasteiger partial charge >= 0.3 is 0 Å². The maximum Gasteiger partial charge on any atom is 0.261 e. The highest BCUT2D eigenvalue weighted by Crippen LogP contribution is 2.61. The average Bonchev–Trinajstić information content (AvgIpc) is 3.01. The summed E-state index contributed by atoms with van der Waals surface area (Å²) < 4.78 is 21.0. The van der Waals surface area contributed by atoms with Crippen LogP contribution in [0.1, 0.15) is 44.9 Å². The first-order valence-corrected chi connectivity index (χ1v) is 15.0. The molecule has 2 aromatic heterocycles. The highest BCUT2D eigenvalue weighted by molar-refractivity contribution is 5.95. The van der Waals surface area contributed by atoms with Gasteiger partial charge in [-0.05, 0) is 84.4 Å². The Morgan fingerprint density at radius 3 is 2.72 bits per heavy atom. The predicted octanol–water partition coefficient (Wildman–Crippen LogP) is 5.81. The van der Waals surface area contributed by atoms with Gasteiger partial charge in [0.1, 0.15) is 11.6 Å². The van der Waals surface area contributed by atoms with Gasteiger partial charge in [-0.15, -0.1) is 0 Å². The second kappa shape index (κ2) is 11.8. The fourth-order valence-corrected chi connectivity index (χ4v) is 6.92. The van der Waals surface area contributed by atoms with Crippen LogP contribution in [0, 0.1) is 29.0 Å². The van der Waals surface area contributed by atoms with Crippen LogP contribution in [0.15, 0.2) is 76.9 Å². The van der Waals surface area contributed by atoms with Crippen molar-refractivity contribution in [3.05, 3.63) is 94.5 Å². The van der Waals surface area contributed by atoms with Gasteiger partial charge in [0.25, 0.3) is 5.56 Å². The number of guanidine groups is 1. The minimum absolute atomic E-state index is 0.162. The zero-order chi connectivity index (χ0) is 30.1. The number of benzene rings is 2. The lowest BCUT2D eigenvalue weighted by Gasteiger charge is -2.62. The third-order valence-corrected chi connectivity index (χ3v) is 9.77. The first kappa shape index (κ1) is 28.8. The van der Waals surface area contributed by atoms with Crippen LogP contribution in [0.2, 0.25) is 0 Å². The number of hydrogen-bond acceptors (Lipinski definition) is 5. The zero-order valence-electron chi connectivity index (χ0n) is 25.2. The molecule has 2 aromatic carbocycles. The number of hydrogen-bond donors (Lipinski definition) is 2. The number of anilines is 1. The van der Waals surface area contributed by atoms with Crippen LogP contribution in [0.5, 0.6) is 5.75 Å². The molecule has 4 aromatic rings. The van der Waals surface area contributed by atoms with Gasteiger partial charge in [-0.2, -0.15) is 0 Å². The van der Waals surface area contributed by atoms with Crippen molar-refractivity contribution < 1.29 is 9.13 Å². The number of aryl methyl sites for hydroxylation is 2. The molecule has 3 fully saturated rings. The normalized spacial score (nSPS) is 22.6. The molecule has 2 heterocycles. The first-order valence-electron chi connectivity index (χ1n) is 15.0. The lowest BCUT2D eigenvalue weighted by atomic mass is 9.45. The molecule has 43 heavy (non-hydrogen) atoms. The Hall–Kier alpha value is -4.27. The van der Waals surface area contributed by atoms with Crippen LogP contribution in [0.4, 0.5) is 10.1 Å². The molecule has 0 amide bonds. The van der Waals surface area contributed by atoms with E-state index < -0.39 is 0 Å². The van der Waals surface area contributed by atoms with E-state index >= 15 is 0 Å². The van der Waals surface area contributed by atoms with Gasteiger partial charge in [0, 0.05) is 30.5 Å². The SMILES string of the molecule is COc1ccc(CCn2cnc3cc(NC(=NCc4ccccn4)NC4C[C@@H]5C[C@H]([C@@H]4C)C5(C)C)ccc3c2=O)c(F)c1. The molecule has 0 aliphatic heterocycles. The molecule has 2 N–H and O–H groups in total. The first-order chi connectivity index (χ1) is 20.7. The van der Waals surface area contributed by atoms with Gasteiger partial charge in [-0.25, -0.2) is 14.4 Å². The van der Waals surface area contributed by atoms with Gasteiger partial charge in [0.2, 0.25) is 0 Å². The van der Waals surface area contributed by atoms with Crippen LogP contribution >= 0.6 is 0 Å². The lowest BCUT2D eigenvalue weighted by molar-refractivity contribution is -0.112. The summed E-state index contributed by atoms with van der Waals surface area (Å²) in [4.78, 5) is 27.1. The number of methoxy groups -OCH3 is 1. The van der Waals surface area contributed by atoms with Gasteiger partial charge in [0.05, 0.1) is 36.6 Å². The highest BCUT2D eigenvalue weighted by atomic mass is 19.1. The van der Waals surface area contributed by atoms with Crippen LogP contribution in [-0.4, -0.2) is 33.6 Å². The largest absolute Gasteiger partial charge is 0.497 e. The molecule has 0 saturated heterocycles. The van der Waals surface area contributed by atoms with Gasteiger partial charge in [-0.1, -0.05) is 32.9 Å². The Labute approximate surface area is 251 Å². The minimum Gasteiger partial charge on any atom is -0.497 e. The number of fused-ring (bicyclic) bond motifs is 3. The van der Waals surface area contributed by atoms with E-state index in [0.29, 0.717) is 71.0 Å². The number of aromatic nitrogens is 3. The Kier molecular flexibility index (Phi) is 7.90. The van der Waals surface area contributed by atoms with E-state index in [9.17, 15) is 9.18 Å². The quantitative estimate of drug-likeness (QED) is 0.201. The Morgan fingerprint density at radius 2 is 2.00 bits per heavy atom. The van der Waals surface area contributed by atoms with E-state index in [-0.39, 0.29) is 11.4 Å². The van der Waals surface area contributed by atoms with Crippen LogP contribution in [0.25, 0.3) is 10.9 Å². The molecule has 7 rings (SSSR count). The summed E-state index contributed by atoms with van der Waals surface area (Å²) in [5.74, 6) is 2.75. The molecule has 4 atom stereocenters. The molecule has 0 radical (unpaired) electrons. The molecule has 9 heteroatoms. The number of halogens is 1. The summed E-state index contributed by atoms with van der Waals surface area (Å²) >= 11 is 0. The smallest absolute Gasteiger partial charge is 0.261 e. The zero-order valence-corrected chi connectivity index (χ0v) is 25.2. The van der Waals surface area contributed by atoms with E-state index in [1.54, 1.807) is 24.4 Å². The number of nitrogens with one attached hydrogen (secondary N) is 2. The third-order valence-electron chi connectivity index (χ3n) is 9.77. The van der Waals surface area contributed by atoms with Crippen LogP contribution in [0.3, 0.4) is 0 Å². The fourth-order valence-electron chi connectivity index (χ4n) is 6.92. The summed E-state index contributed by atoms with van der Waals surface area (Å²) in [6.07, 6.45) is 6.10. The van der Waals surface area contributed by atoms with Gasteiger partial charge in [-0.3, -0.25) is 14.3 Å². The fraction of sp³-hybridized carbons (Fsp3) is 0.412. The molecule has 3 aliphatic rings. The molecular formula is C34H39FN6O2. The van der Waals surface area contributed by atoms with Crippen LogP contribution in [-0.2, 0) is 19.5 Å². The van der Waals surface area contributed by atoms with E-state index in [1.807, 2.05) is 30.3 Å². The maximum atomic E-state index is 14.4. The number of ether oxygens (including phenoxy) is 1. The molecule has 8 nitrogen and oxygen atoms in total. The topological polar surface area (TPSA) is 93.4 Å². The monoisotopic (exact) mass is 582 g/mol. The van der Waals surface area contributed by atoms with Crippen molar-refractivity contribution in [2.24, 2.45) is 28.2 Å². The number of pyridine rings is 1. The van der Waals surface area contributed by atoms with Crippen molar-refractivity contribution in [2.45, 2.75) is 59.2 Å².